The lowest BCUT2D eigenvalue weighted by Crippen LogP contribution is -2.40. The maximum atomic E-state index is 14.6. The molecule has 166 valence electrons. The molecule has 0 aliphatic carbocycles. The molecule has 1 aromatic heterocycles. The van der Waals surface area contributed by atoms with E-state index in [1.165, 1.54) is 18.2 Å². The number of halogens is 2. The molecule has 3 rings (SSSR count). The highest BCUT2D eigenvalue weighted by Gasteiger charge is 2.28. The summed E-state index contributed by atoms with van der Waals surface area (Å²) in [6, 6.07) is 7.78. The first-order valence-corrected chi connectivity index (χ1v) is 9.90. The van der Waals surface area contributed by atoms with E-state index in [1.54, 1.807) is 34.6 Å². The highest BCUT2D eigenvalue weighted by atomic mass is 19.1. The number of ether oxygens (including phenoxy) is 1. The molecule has 0 fully saturated rings. The van der Waals surface area contributed by atoms with Crippen molar-refractivity contribution in [3.8, 4) is 11.8 Å². The molecule has 0 aliphatic rings. The number of carbonyl (C=O) groups is 1. The Bertz CT molecular complexity index is 1320. The molecule has 0 aliphatic heterocycles. The van der Waals surface area contributed by atoms with E-state index in [2.05, 4.69) is 4.98 Å². The lowest BCUT2D eigenvalue weighted by atomic mass is 10.1. The van der Waals surface area contributed by atoms with Crippen molar-refractivity contribution in [2.24, 2.45) is 0 Å². The molecule has 1 heterocycles. The fourth-order valence-corrected chi connectivity index (χ4v) is 3.25. The highest BCUT2D eigenvalue weighted by molar-refractivity contribution is 5.89. The van der Waals surface area contributed by atoms with Crippen molar-refractivity contribution >= 4 is 22.9 Å². The second-order valence-corrected chi connectivity index (χ2v) is 8.17. The summed E-state index contributed by atoms with van der Waals surface area (Å²) in [4.78, 5) is 31.8. The van der Waals surface area contributed by atoms with Gasteiger partial charge in [0.1, 0.15) is 22.8 Å². The number of amides is 1. The number of aryl methyl sites for hydroxylation is 1. The summed E-state index contributed by atoms with van der Waals surface area (Å²) in [5, 5.41) is 9.22. The number of anilines is 1. The van der Waals surface area contributed by atoms with Crippen LogP contribution in [0.2, 0.25) is 0 Å². The summed E-state index contributed by atoms with van der Waals surface area (Å²) in [5.74, 6) is -1.75. The molecule has 0 saturated carbocycles. The monoisotopic (exact) mass is 440 g/mol. The Morgan fingerprint density at radius 2 is 1.94 bits per heavy atom. The van der Waals surface area contributed by atoms with Crippen LogP contribution in [0.3, 0.4) is 0 Å². The summed E-state index contributed by atoms with van der Waals surface area (Å²) in [6.45, 7) is 8.30. The maximum absolute atomic E-state index is 14.6. The van der Waals surface area contributed by atoms with Crippen molar-refractivity contribution in [3.63, 3.8) is 0 Å². The molecular weight excluding hydrogens is 418 g/mol. The first-order chi connectivity index (χ1) is 15.0. The normalized spacial score (nSPS) is 11.3. The van der Waals surface area contributed by atoms with Crippen molar-refractivity contribution in [1.82, 2.24) is 9.55 Å². The average Bonchev–Trinajstić information content (AvgIpc) is 2.69. The van der Waals surface area contributed by atoms with Crippen LogP contribution in [0.4, 0.5) is 19.5 Å². The minimum atomic E-state index is -0.846. The Morgan fingerprint density at radius 3 is 2.53 bits per heavy atom. The quantitative estimate of drug-likeness (QED) is 0.594. The zero-order valence-electron chi connectivity index (χ0n) is 18.4. The number of nitrogens with zero attached hydrogens (tertiary/aromatic N) is 4. The van der Waals surface area contributed by atoms with Crippen molar-refractivity contribution in [1.29, 1.82) is 5.26 Å². The number of carbonyl (C=O) groups excluding carboxylic acids is 1. The van der Waals surface area contributed by atoms with Gasteiger partial charge in [0.05, 0.1) is 22.7 Å². The molecule has 0 spiro atoms. The molecule has 32 heavy (non-hydrogen) atoms. The summed E-state index contributed by atoms with van der Waals surface area (Å²) < 4.78 is 35.3. The van der Waals surface area contributed by atoms with Gasteiger partial charge in [0, 0.05) is 6.54 Å². The Labute approximate surface area is 183 Å². The van der Waals surface area contributed by atoms with Gasteiger partial charge in [-0.25, -0.2) is 28.0 Å². The van der Waals surface area contributed by atoms with Gasteiger partial charge >= 0.3 is 6.09 Å². The molecule has 9 heteroatoms. The Morgan fingerprint density at radius 1 is 1.25 bits per heavy atom. The highest BCUT2D eigenvalue weighted by Crippen LogP contribution is 2.25. The first kappa shape index (κ1) is 22.9. The number of hydrogen-bond donors (Lipinski definition) is 0. The second kappa shape index (κ2) is 8.38. The fourth-order valence-electron chi connectivity index (χ4n) is 3.25. The van der Waals surface area contributed by atoms with E-state index in [4.69, 9.17) is 4.74 Å². The van der Waals surface area contributed by atoms with E-state index in [1.807, 2.05) is 6.07 Å². The predicted octanol–water partition coefficient (Wildman–Crippen LogP) is 4.61. The van der Waals surface area contributed by atoms with E-state index >= 15 is 0 Å². The minimum absolute atomic E-state index is 0.0169. The SMILES string of the molecule is CCN(C(=O)OC(C)(C)C)c1nc2c(F)ccc(C)c2c(=O)n1-c1cc(F)cc(C#N)c1. The van der Waals surface area contributed by atoms with Gasteiger partial charge in [-0.1, -0.05) is 6.07 Å². The Hall–Kier alpha value is -3.80. The molecule has 2 aromatic carbocycles. The summed E-state index contributed by atoms with van der Waals surface area (Å²) in [5.41, 5.74) is -1.38. The number of nitriles is 1. The predicted molar refractivity (Wildman–Crippen MR) is 116 cm³/mol. The molecule has 0 bridgehead atoms. The average molecular weight is 440 g/mol. The van der Waals surface area contributed by atoms with Crippen molar-refractivity contribution in [2.45, 2.75) is 40.2 Å². The van der Waals surface area contributed by atoms with Crippen molar-refractivity contribution < 1.29 is 18.3 Å². The van der Waals surface area contributed by atoms with E-state index in [9.17, 15) is 23.6 Å². The van der Waals surface area contributed by atoms with Crippen LogP contribution in [0.1, 0.15) is 38.8 Å². The lowest BCUT2D eigenvalue weighted by Gasteiger charge is -2.27. The zero-order chi connectivity index (χ0) is 23.8. The third kappa shape index (κ3) is 4.30. The molecule has 3 aromatic rings. The first-order valence-electron chi connectivity index (χ1n) is 9.90. The Kier molecular flexibility index (Phi) is 5.99. The van der Waals surface area contributed by atoms with E-state index in [0.717, 1.165) is 21.6 Å². The Balaban J connectivity index is 2.44. The summed E-state index contributed by atoms with van der Waals surface area (Å²) >= 11 is 0. The van der Waals surface area contributed by atoms with Crippen molar-refractivity contribution in [3.05, 3.63) is 63.4 Å². The number of benzene rings is 2. The topological polar surface area (TPSA) is 88.2 Å². The van der Waals surface area contributed by atoms with Gasteiger partial charge in [-0.15, -0.1) is 0 Å². The van der Waals surface area contributed by atoms with Crippen molar-refractivity contribution in [2.75, 3.05) is 11.4 Å². The molecular formula is C23H22F2N4O3. The maximum Gasteiger partial charge on any atom is 0.417 e. The third-order valence-corrected chi connectivity index (χ3v) is 4.61. The van der Waals surface area contributed by atoms with Crippen LogP contribution in [0, 0.1) is 29.9 Å². The smallest absolute Gasteiger partial charge is 0.417 e. The molecule has 0 atom stereocenters. The number of fused-ring (bicyclic) bond motifs is 1. The summed E-state index contributed by atoms with van der Waals surface area (Å²) in [6.07, 6.45) is -0.815. The van der Waals surface area contributed by atoms with Gasteiger partial charge in [-0.3, -0.25) is 4.79 Å². The number of hydrogen-bond acceptors (Lipinski definition) is 5. The van der Waals surface area contributed by atoms with Crippen LogP contribution in [0.15, 0.2) is 35.1 Å². The fraction of sp³-hybridized carbons (Fsp3) is 0.304. The number of rotatable bonds is 3. The molecule has 0 unspecified atom stereocenters. The molecule has 7 nitrogen and oxygen atoms in total. The van der Waals surface area contributed by atoms with Gasteiger partial charge in [-0.2, -0.15) is 5.26 Å². The van der Waals surface area contributed by atoms with Gasteiger partial charge in [0.2, 0.25) is 5.95 Å². The third-order valence-electron chi connectivity index (χ3n) is 4.61. The van der Waals surface area contributed by atoms with Crippen LogP contribution in [0.5, 0.6) is 0 Å². The van der Waals surface area contributed by atoms with Gasteiger partial charge in [0.15, 0.2) is 0 Å². The van der Waals surface area contributed by atoms with Crippen LogP contribution in [-0.4, -0.2) is 27.8 Å². The molecule has 1 amide bonds. The largest absolute Gasteiger partial charge is 0.443 e. The standard InChI is InChI=1S/C23H22F2N4O3/c1-6-28(22(31)32-23(3,4)5)21-27-19-17(25)8-7-13(2)18(19)20(30)29(21)16-10-14(12-26)9-15(24)11-16/h7-11H,6H2,1-5H3. The second-order valence-electron chi connectivity index (χ2n) is 8.17. The van der Waals surface area contributed by atoms with Crippen LogP contribution in [-0.2, 0) is 4.74 Å². The van der Waals surface area contributed by atoms with Crippen LogP contribution >= 0.6 is 0 Å². The van der Waals surface area contributed by atoms with E-state index in [-0.39, 0.29) is 34.6 Å². The van der Waals surface area contributed by atoms with Gasteiger partial charge in [0.25, 0.3) is 5.56 Å². The minimum Gasteiger partial charge on any atom is -0.443 e. The van der Waals surface area contributed by atoms with Crippen LogP contribution < -0.4 is 10.5 Å². The van der Waals surface area contributed by atoms with E-state index in [0.29, 0.717) is 5.56 Å². The number of aromatic nitrogens is 2. The van der Waals surface area contributed by atoms with E-state index < -0.39 is 28.9 Å². The lowest BCUT2D eigenvalue weighted by molar-refractivity contribution is 0.0579. The molecule has 0 saturated heterocycles. The summed E-state index contributed by atoms with van der Waals surface area (Å²) in [7, 11) is 0. The van der Waals surface area contributed by atoms with Gasteiger partial charge < -0.3 is 4.74 Å². The molecule has 0 N–H and O–H groups in total. The van der Waals surface area contributed by atoms with Crippen LogP contribution in [0.25, 0.3) is 16.6 Å². The zero-order valence-corrected chi connectivity index (χ0v) is 18.4. The van der Waals surface area contributed by atoms with Gasteiger partial charge in [-0.05, 0) is 64.4 Å². The molecule has 0 radical (unpaired) electrons.